The van der Waals surface area contributed by atoms with Crippen LogP contribution in [0.5, 0.6) is 0 Å². The second kappa shape index (κ2) is 10.7. The van der Waals surface area contributed by atoms with E-state index < -0.39 is 0 Å². The van der Waals surface area contributed by atoms with Gasteiger partial charge in [-0.25, -0.2) is 0 Å². The second-order valence-electron chi connectivity index (χ2n) is 10.9. The Kier molecular flexibility index (Phi) is 7.49. The first-order chi connectivity index (χ1) is 15.9. The topological polar surface area (TPSA) is 6.48 Å². The summed E-state index contributed by atoms with van der Waals surface area (Å²) in [5, 5.41) is 0. The smallest absolute Gasteiger partial charge is 0.0379 e. The molecule has 5 aliphatic heterocycles. The van der Waals surface area contributed by atoms with Crippen molar-refractivity contribution in [2.75, 3.05) is 32.7 Å². The fourth-order valence-corrected chi connectivity index (χ4v) is 7.64. The molecule has 2 saturated heterocycles. The highest BCUT2D eigenvalue weighted by molar-refractivity contribution is 5.30. The van der Waals surface area contributed by atoms with E-state index in [1.165, 1.54) is 90.5 Å². The SMILES string of the molecule is C1=C2CC/C=C\C/C=C\C/C=C\CCN3CC[C@H]4[C@H]1CN1CCCC/C=C\CC[C@]4(C3)[C@@H]21. The molecular formula is C30H44N2. The van der Waals surface area contributed by atoms with Gasteiger partial charge in [-0.05, 0) is 95.6 Å². The van der Waals surface area contributed by atoms with Crippen LogP contribution in [0.25, 0.3) is 0 Å². The minimum atomic E-state index is 0.461. The van der Waals surface area contributed by atoms with Crippen LogP contribution in [0.15, 0.2) is 60.3 Å². The first-order valence-corrected chi connectivity index (χ1v) is 13.6. The third-order valence-electron chi connectivity index (χ3n) is 8.93. The summed E-state index contributed by atoms with van der Waals surface area (Å²) < 4.78 is 0. The van der Waals surface area contributed by atoms with E-state index in [0.717, 1.165) is 24.7 Å². The maximum atomic E-state index is 2.96. The minimum Gasteiger partial charge on any atom is -0.302 e. The highest BCUT2D eigenvalue weighted by Gasteiger charge is 2.58. The molecule has 6 bridgehead atoms. The van der Waals surface area contributed by atoms with Crippen molar-refractivity contribution >= 4 is 0 Å². The molecule has 0 N–H and O–H groups in total. The van der Waals surface area contributed by atoms with Crippen molar-refractivity contribution < 1.29 is 0 Å². The number of nitrogens with zero attached hydrogens (tertiary/aromatic N) is 2. The second-order valence-corrected chi connectivity index (χ2v) is 10.9. The predicted molar refractivity (Wildman–Crippen MR) is 137 cm³/mol. The summed E-state index contributed by atoms with van der Waals surface area (Å²) in [5.74, 6) is 1.69. The Bertz CT molecular complexity index is 772. The highest BCUT2D eigenvalue weighted by atomic mass is 15.2. The largest absolute Gasteiger partial charge is 0.302 e. The van der Waals surface area contributed by atoms with E-state index in [1.807, 2.05) is 0 Å². The quantitative estimate of drug-likeness (QED) is 0.394. The van der Waals surface area contributed by atoms with Crippen molar-refractivity contribution in [2.45, 2.75) is 76.7 Å². The number of fused-ring (bicyclic) bond motifs is 1. The third kappa shape index (κ3) is 4.77. The van der Waals surface area contributed by atoms with Crippen molar-refractivity contribution in [3.8, 4) is 0 Å². The molecule has 0 saturated carbocycles. The third-order valence-corrected chi connectivity index (χ3v) is 8.93. The van der Waals surface area contributed by atoms with E-state index in [9.17, 15) is 0 Å². The molecule has 6 atom stereocenters. The van der Waals surface area contributed by atoms with Gasteiger partial charge in [0.05, 0.1) is 0 Å². The van der Waals surface area contributed by atoms with E-state index in [4.69, 9.17) is 0 Å². The first kappa shape index (κ1) is 22.4. The molecule has 174 valence electrons. The number of hydrogen-bond donors (Lipinski definition) is 0. The molecule has 2 unspecified atom stereocenters. The lowest BCUT2D eigenvalue weighted by Crippen LogP contribution is -2.68. The molecule has 2 fully saturated rings. The first-order valence-electron chi connectivity index (χ1n) is 13.6. The van der Waals surface area contributed by atoms with Gasteiger partial charge in [0.25, 0.3) is 0 Å². The summed E-state index contributed by atoms with van der Waals surface area (Å²) in [4.78, 5) is 5.81. The zero-order valence-corrected chi connectivity index (χ0v) is 20.1. The van der Waals surface area contributed by atoms with Crippen molar-refractivity contribution in [1.82, 2.24) is 9.80 Å². The van der Waals surface area contributed by atoms with Crippen LogP contribution in [0.1, 0.15) is 70.6 Å². The van der Waals surface area contributed by atoms with Gasteiger partial charge in [0.2, 0.25) is 0 Å². The van der Waals surface area contributed by atoms with Crippen molar-refractivity contribution in [1.29, 1.82) is 0 Å². The monoisotopic (exact) mass is 432 g/mol. The lowest BCUT2D eigenvalue weighted by atomic mass is 9.52. The average molecular weight is 433 g/mol. The lowest BCUT2D eigenvalue weighted by Gasteiger charge is -2.64. The van der Waals surface area contributed by atoms with E-state index in [1.54, 1.807) is 5.57 Å². The van der Waals surface area contributed by atoms with E-state index in [0.29, 0.717) is 11.5 Å². The molecule has 0 aromatic carbocycles. The molecule has 32 heavy (non-hydrogen) atoms. The molecule has 0 aromatic rings. The summed E-state index contributed by atoms with van der Waals surface area (Å²) in [6.45, 7) is 6.51. The molecule has 1 aliphatic carbocycles. The van der Waals surface area contributed by atoms with E-state index >= 15 is 0 Å². The zero-order chi connectivity index (χ0) is 21.6. The summed E-state index contributed by atoms with van der Waals surface area (Å²) in [5.41, 5.74) is 2.26. The average Bonchev–Trinajstić information content (AvgIpc) is 2.83. The predicted octanol–water partition coefficient (Wildman–Crippen LogP) is 6.69. The van der Waals surface area contributed by atoms with Gasteiger partial charge in [0.15, 0.2) is 0 Å². The molecule has 1 spiro atoms. The van der Waals surface area contributed by atoms with Gasteiger partial charge in [0, 0.05) is 31.1 Å². The summed E-state index contributed by atoms with van der Waals surface area (Å²) in [6, 6.07) is 0.686. The van der Waals surface area contributed by atoms with Crippen LogP contribution in [0.4, 0.5) is 0 Å². The van der Waals surface area contributed by atoms with Crippen LogP contribution in [0.3, 0.4) is 0 Å². The van der Waals surface area contributed by atoms with Gasteiger partial charge in [-0.1, -0.05) is 60.3 Å². The number of piperidine rings is 2. The minimum absolute atomic E-state index is 0.461. The van der Waals surface area contributed by atoms with Crippen LogP contribution in [-0.2, 0) is 0 Å². The van der Waals surface area contributed by atoms with E-state index in [-0.39, 0.29) is 0 Å². The normalized spacial score (nSPS) is 44.5. The van der Waals surface area contributed by atoms with Crippen LogP contribution in [0, 0.1) is 17.3 Å². The Balaban J connectivity index is 1.48. The van der Waals surface area contributed by atoms with Crippen molar-refractivity contribution in [2.24, 2.45) is 17.3 Å². The number of hydrogen-bond acceptors (Lipinski definition) is 2. The van der Waals surface area contributed by atoms with Gasteiger partial charge in [-0.15, -0.1) is 0 Å². The molecule has 5 heterocycles. The Morgan fingerprint density at radius 1 is 0.750 bits per heavy atom. The Labute approximate surface area is 196 Å². The molecule has 0 aromatic heterocycles. The summed E-state index contributed by atoms with van der Waals surface area (Å²) >= 11 is 0. The van der Waals surface area contributed by atoms with Crippen LogP contribution in [0.2, 0.25) is 0 Å². The van der Waals surface area contributed by atoms with Crippen LogP contribution >= 0.6 is 0 Å². The molecule has 0 radical (unpaired) electrons. The molecule has 6 aliphatic rings. The Morgan fingerprint density at radius 3 is 2.44 bits per heavy atom. The van der Waals surface area contributed by atoms with E-state index in [2.05, 4.69) is 64.5 Å². The zero-order valence-electron chi connectivity index (χ0n) is 20.1. The van der Waals surface area contributed by atoms with Gasteiger partial charge < -0.3 is 4.90 Å². The maximum absolute atomic E-state index is 2.96. The lowest BCUT2D eigenvalue weighted by molar-refractivity contribution is -0.109. The fraction of sp³-hybridized carbons (Fsp3) is 0.667. The number of allylic oxidation sites excluding steroid dienone is 7. The van der Waals surface area contributed by atoms with Crippen molar-refractivity contribution in [3.05, 3.63) is 60.3 Å². The molecule has 0 amide bonds. The fourth-order valence-electron chi connectivity index (χ4n) is 7.64. The molecule has 2 nitrogen and oxygen atoms in total. The highest BCUT2D eigenvalue weighted by Crippen LogP contribution is 2.57. The summed E-state index contributed by atoms with van der Waals surface area (Å²) in [7, 11) is 0. The molecular weight excluding hydrogens is 388 g/mol. The Hall–Kier alpha value is -1.38. The van der Waals surface area contributed by atoms with Crippen LogP contribution in [-0.4, -0.2) is 48.6 Å². The van der Waals surface area contributed by atoms with Gasteiger partial charge in [0.1, 0.15) is 0 Å². The molecule has 6 rings (SSSR count). The van der Waals surface area contributed by atoms with Gasteiger partial charge in [-0.2, -0.15) is 0 Å². The van der Waals surface area contributed by atoms with Gasteiger partial charge >= 0.3 is 0 Å². The summed E-state index contributed by atoms with van der Waals surface area (Å²) in [6.07, 6.45) is 36.0. The Morgan fingerprint density at radius 2 is 1.53 bits per heavy atom. The standard InChI is InChI=1S/C30H44N2/c1-2-4-7-11-15-20-31-22-18-28-27-23-26(17-13-9-5-3-1)29-30(28,25-31)19-14-10-6-8-12-16-21-32(29)24-27/h1-2,5-7,9-11,23,27-29H,3-4,8,12-22,24-25H2/b2-1-,9-5-,10-6-,11-7-/t27-,28+,29-,30-/m1/s1. The molecule has 2 heteroatoms. The maximum Gasteiger partial charge on any atom is 0.0379 e. The van der Waals surface area contributed by atoms with Crippen molar-refractivity contribution in [3.63, 3.8) is 0 Å². The van der Waals surface area contributed by atoms with Crippen LogP contribution < -0.4 is 0 Å². The van der Waals surface area contributed by atoms with Gasteiger partial charge in [-0.3, -0.25) is 4.90 Å². The number of rotatable bonds is 0.